The third-order valence-electron chi connectivity index (χ3n) is 3.85. The predicted octanol–water partition coefficient (Wildman–Crippen LogP) is 2.24. The first-order valence-corrected chi connectivity index (χ1v) is 7.96. The van der Waals surface area contributed by atoms with Crippen molar-refractivity contribution in [2.24, 2.45) is 0 Å². The molecule has 7 nitrogen and oxygen atoms in total. The molecule has 1 amide bonds. The summed E-state index contributed by atoms with van der Waals surface area (Å²) in [5.41, 5.74) is -1.10. The molecule has 1 aromatic carbocycles. The van der Waals surface area contributed by atoms with Gasteiger partial charge in [-0.05, 0) is 26.3 Å². The number of methoxy groups -OCH3 is 1. The number of hydrogen-bond acceptors (Lipinski definition) is 6. The zero-order valence-electron chi connectivity index (χ0n) is 14.9. The molecule has 1 saturated heterocycles. The molecule has 1 fully saturated rings. The molecule has 0 aliphatic carbocycles. The molecule has 0 radical (unpaired) electrons. The van der Waals surface area contributed by atoms with E-state index in [9.17, 15) is 14.4 Å². The Kier molecular flexibility index (Phi) is 5.35. The third kappa shape index (κ3) is 4.29. The van der Waals surface area contributed by atoms with Crippen LogP contribution in [0.25, 0.3) is 0 Å². The summed E-state index contributed by atoms with van der Waals surface area (Å²) < 4.78 is 15.3. The standard InChI is InChI=1S/C18H23NO6/c1-17(2,3)25-15(21)11-19-16(22)24-12-18(19,10-14(20)23-4)13-8-6-5-7-9-13/h5-9H,10-12H2,1-4H3. The molecule has 1 heterocycles. The molecule has 0 spiro atoms. The molecule has 136 valence electrons. The molecular formula is C18H23NO6. The molecule has 0 bridgehead atoms. The van der Waals surface area contributed by atoms with Crippen LogP contribution in [0.3, 0.4) is 0 Å². The van der Waals surface area contributed by atoms with Gasteiger partial charge in [0.1, 0.15) is 24.3 Å². The lowest BCUT2D eigenvalue weighted by molar-refractivity contribution is -0.157. The first-order valence-electron chi connectivity index (χ1n) is 7.96. The highest BCUT2D eigenvalue weighted by atomic mass is 16.6. The van der Waals surface area contributed by atoms with Gasteiger partial charge in [-0.25, -0.2) is 4.79 Å². The van der Waals surface area contributed by atoms with Crippen LogP contribution in [-0.2, 0) is 29.3 Å². The third-order valence-corrected chi connectivity index (χ3v) is 3.85. The Labute approximate surface area is 146 Å². The van der Waals surface area contributed by atoms with Crippen LogP contribution in [0.1, 0.15) is 32.8 Å². The van der Waals surface area contributed by atoms with E-state index in [2.05, 4.69) is 0 Å². The first kappa shape index (κ1) is 18.8. The number of ether oxygens (including phenoxy) is 3. The molecule has 0 N–H and O–H groups in total. The second-order valence-electron chi connectivity index (χ2n) is 6.88. The van der Waals surface area contributed by atoms with Crippen LogP contribution in [0, 0.1) is 0 Å². The highest BCUT2D eigenvalue weighted by Crippen LogP contribution is 2.38. The largest absolute Gasteiger partial charge is 0.469 e. The molecule has 2 rings (SSSR count). The second-order valence-corrected chi connectivity index (χ2v) is 6.88. The smallest absolute Gasteiger partial charge is 0.411 e. The van der Waals surface area contributed by atoms with Crippen LogP contribution in [-0.4, -0.2) is 48.8 Å². The lowest BCUT2D eigenvalue weighted by Crippen LogP contribution is -2.49. The van der Waals surface area contributed by atoms with Crippen molar-refractivity contribution in [3.05, 3.63) is 35.9 Å². The number of amides is 1. The maximum absolute atomic E-state index is 12.3. The van der Waals surface area contributed by atoms with Gasteiger partial charge in [-0.1, -0.05) is 30.3 Å². The molecule has 1 aliphatic rings. The summed E-state index contributed by atoms with van der Waals surface area (Å²) in [4.78, 5) is 37.7. The number of hydrogen-bond donors (Lipinski definition) is 0. The Hall–Kier alpha value is -2.57. The van der Waals surface area contributed by atoms with E-state index in [-0.39, 0.29) is 19.6 Å². The average molecular weight is 349 g/mol. The van der Waals surface area contributed by atoms with Crippen LogP contribution in [0.15, 0.2) is 30.3 Å². The van der Waals surface area contributed by atoms with Crippen molar-refractivity contribution < 1.29 is 28.6 Å². The van der Waals surface area contributed by atoms with Crippen LogP contribution in [0.5, 0.6) is 0 Å². The van der Waals surface area contributed by atoms with Gasteiger partial charge < -0.3 is 14.2 Å². The van der Waals surface area contributed by atoms with Crippen molar-refractivity contribution in [3.8, 4) is 0 Å². The van der Waals surface area contributed by atoms with E-state index in [1.54, 1.807) is 45.0 Å². The lowest BCUT2D eigenvalue weighted by atomic mass is 9.86. The number of cyclic esters (lactones) is 1. The fourth-order valence-electron chi connectivity index (χ4n) is 2.78. The van der Waals surface area contributed by atoms with Gasteiger partial charge in [0, 0.05) is 0 Å². The second kappa shape index (κ2) is 7.13. The number of rotatable bonds is 5. The van der Waals surface area contributed by atoms with Gasteiger partial charge in [0.15, 0.2) is 0 Å². The van der Waals surface area contributed by atoms with E-state index in [1.807, 2.05) is 6.07 Å². The molecule has 25 heavy (non-hydrogen) atoms. The Balaban J connectivity index is 2.37. The van der Waals surface area contributed by atoms with Crippen molar-refractivity contribution in [1.29, 1.82) is 0 Å². The molecule has 0 saturated carbocycles. The molecule has 1 aliphatic heterocycles. The Morgan fingerprint density at radius 3 is 2.40 bits per heavy atom. The number of benzene rings is 1. The van der Waals surface area contributed by atoms with Gasteiger partial charge in [-0.15, -0.1) is 0 Å². The first-order chi connectivity index (χ1) is 11.7. The molecule has 1 atom stereocenters. The number of carbonyl (C=O) groups is 3. The Morgan fingerprint density at radius 1 is 1.20 bits per heavy atom. The normalized spacial score (nSPS) is 20.2. The zero-order valence-corrected chi connectivity index (χ0v) is 14.9. The van der Waals surface area contributed by atoms with Crippen LogP contribution in [0.4, 0.5) is 4.79 Å². The van der Waals surface area contributed by atoms with E-state index >= 15 is 0 Å². The lowest BCUT2D eigenvalue weighted by Gasteiger charge is -2.35. The van der Waals surface area contributed by atoms with Crippen LogP contribution in [0.2, 0.25) is 0 Å². The minimum Gasteiger partial charge on any atom is -0.469 e. The summed E-state index contributed by atoms with van der Waals surface area (Å²) >= 11 is 0. The summed E-state index contributed by atoms with van der Waals surface area (Å²) in [6.07, 6.45) is -0.791. The topological polar surface area (TPSA) is 82.1 Å². The summed E-state index contributed by atoms with van der Waals surface area (Å²) in [6.45, 7) is 4.86. The highest BCUT2D eigenvalue weighted by molar-refractivity contribution is 5.82. The Bertz CT molecular complexity index is 651. The zero-order chi connectivity index (χ0) is 18.7. The molecule has 1 aromatic rings. The maximum atomic E-state index is 12.3. The molecule has 1 unspecified atom stereocenters. The quantitative estimate of drug-likeness (QED) is 0.599. The minimum atomic E-state index is -1.11. The van der Waals surface area contributed by atoms with E-state index in [0.717, 1.165) is 0 Å². The summed E-state index contributed by atoms with van der Waals surface area (Å²) in [5.74, 6) is -1.08. The van der Waals surface area contributed by atoms with Gasteiger partial charge in [0.2, 0.25) is 0 Å². The predicted molar refractivity (Wildman–Crippen MR) is 88.7 cm³/mol. The van der Waals surface area contributed by atoms with Crippen molar-refractivity contribution in [3.63, 3.8) is 0 Å². The van der Waals surface area contributed by atoms with Crippen molar-refractivity contribution in [2.75, 3.05) is 20.3 Å². The SMILES string of the molecule is COC(=O)CC1(c2ccccc2)COC(=O)N1CC(=O)OC(C)(C)C. The summed E-state index contributed by atoms with van der Waals surface area (Å²) in [7, 11) is 1.27. The highest BCUT2D eigenvalue weighted by Gasteiger charge is 2.51. The Morgan fingerprint density at radius 2 is 1.84 bits per heavy atom. The molecule has 7 heteroatoms. The van der Waals surface area contributed by atoms with Crippen molar-refractivity contribution >= 4 is 18.0 Å². The monoisotopic (exact) mass is 349 g/mol. The minimum absolute atomic E-state index is 0.0479. The van der Waals surface area contributed by atoms with Gasteiger partial charge in [0.25, 0.3) is 0 Å². The number of esters is 2. The summed E-state index contributed by atoms with van der Waals surface area (Å²) in [5, 5.41) is 0. The van der Waals surface area contributed by atoms with Gasteiger partial charge in [0.05, 0.1) is 13.5 Å². The fourth-order valence-corrected chi connectivity index (χ4v) is 2.78. The van der Waals surface area contributed by atoms with E-state index in [0.29, 0.717) is 5.56 Å². The van der Waals surface area contributed by atoms with E-state index in [1.165, 1.54) is 12.0 Å². The van der Waals surface area contributed by atoms with E-state index in [4.69, 9.17) is 14.2 Å². The van der Waals surface area contributed by atoms with Crippen LogP contribution < -0.4 is 0 Å². The average Bonchev–Trinajstić information content (AvgIpc) is 2.84. The van der Waals surface area contributed by atoms with Crippen molar-refractivity contribution in [1.82, 2.24) is 4.90 Å². The van der Waals surface area contributed by atoms with E-state index < -0.39 is 29.2 Å². The number of carbonyl (C=O) groups excluding carboxylic acids is 3. The maximum Gasteiger partial charge on any atom is 0.411 e. The fraction of sp³-hybridized carbons (Fsp3) is 0.500. The van der Waals surface area contributed by atoms with Crippen molar-refractivity contribution in [2.45, 2.75) is 38.3 Å². The number of nitrogens with zero attached hydrogens (tertiary/aromatic N) is 1. The molecule has 0 aromatic heterocycles. The van der Waals surface area contributed by atoms with Gasteiger partial charge in [-0.3, -0.25) is 14.5 Å². The van der Waals surface area contributed by atoms with Crippen LogP contribution >= 0.6 is 0 Å². The summed E-state index contributed by atoms with van der Waals surface area (Å²) in [6, 6.07) is 8.98. The molecular weight excluding hydrogens is 326 g/mol. The van der Waals surface area contributed by atoms with Gasteiger partial charge in [-0.2, -0.15) is 0 Å². The van der Waals surface area contributed by atoms with Gasteiger partial charge >= 0.3 is 18.0 Å².